The number of carboxylic acids is 1. The van der Waals surface area contributed by atoms with Crippen molar-refractivity contribution in [3.63, 3.8) is 0 Å². The number of likely N-dealkylation sites (tertiary alicyclic amines) is 2. The lowest BCUT2D eigenvalue weighted by Crippen LogP contribution is -2.68. The first kappa shape index (κ1) is 17.1. The largest absolute Gasteiger partial charge is 0.480 e. The third kappa shape index (κ3) is 3.75. The number of carbonyl (C=O) groups excluding carboxylic acids is 2. The number of aliphatic carboxylic acids is 1. The number of hydrogen-bond donors (Lipinski definition) is 3. The second-order valence-corrected chi connectivity index (χ2v) is 6.02. The van der Waals surface area contributed by atoms with Crippen LogP contribution in [0.1, 0.15) is 32.1 Å². The molecule has 0 aromatic rings. The SMILES string of the molecule is C=C(N)NCCC[C@H]1C(=O)N(C(=O)N2CCCCC2)C1C(=O)O. The zero-order valence-electron chi connectivity index (χ0n) is 13.2. The Balaban J connectivity index is 1.93. The van der Waals surface area contributed by atoms with E-state index in [1.165, 1.54) is 0 Å². The summed E-state index contributed by atoms with van der Waals surface area (Å²) in [5, 5.41) is 12.2. The van der Waals surface area contributed by atoms with Gasteiger partial charge < -0.3 is 21.1 Å². The molecule has 2 aliphatic rings. The number of piperidine rings is 1. The van der Waals surface area contributed by atoms with Crippen molar-refractivity contribution in [3.8, 4) is 0 Å². The van der Waals surface area contributed by atoms with E-state index < -0.39 is 24.0 Å². The number of urea groups is 1. The number of hydrogen-bond acceptors (Lipinski definition) is 5. The van der Waals surface area contributed by atoms with Gasteiger partial charge in [0.15, 0.2) is 6.04 Å². The van der Waals surface area contributed by atoms with E-state index in [0.717, 1.165) is 24.2 Å². The molecule has 3 amide bonds. The predicted octanol–water partition coefficient (Wildman–Crippen LogP) is 0.304. The lowest BCUT2D eigenvalue weighted by molar-refractivity contribution is -0.167. The number of β-lactam (4-membered cyclic amide) rings is 1. The highest BCUT2D eigenvalue weighted by molar-refractivity contribution is 6.07. The fourth-order valence-electron chi connectivity index (χ4n) is 3.13. The molecular formula is C15H24N4O4. The predicted molar refractivity (Wildman–Crippen MR) is 83.1 cm³/mol. The van der Waals surface area contributed by atoms with Crippen LogP contribution in [-0.2, 0) is 9.59 Å². The minimum atomic E-state index is -1.13. The maximum atomic E-state index is 12.4. The van der Waals surface area contributed by atoms with Crippen molar-refractivity contribution < 1.29 is 19.5 Å². The van der Waals surface area contributed by atoms with Gasteiger partial charge in [-0.15, -0.1) is 0 Å². The summed E-state index contributed by atoms with van der Waals surface area (Å²) in [6.07, 6.45) is 3.83. The Morgan fingerprint density at radius 2 is 1.96 bits per heavy atom. The maximum Gasteiger partial charge on any atom is 0.327 e. The van der Waals surface area contributed by atoms with Crippen LogP contribution in [-0.4, -0.2) is 58.5 Å². The smallest absolute Gasteiger partial charge is 0.327 e. The molecule has 0 spiro atoms. The zero-order chi connectivity index (χ0) is 17.0. The van der Waals surface area contributed by atoms with Crippen LogP contribution in [0.15, 0.2) is 12.4 Å². The highest BCUT2D eigenvalue weighted by Gasteiger charge is 2.55. The van der Waals surface area contributed by atoms with Crippen LogP contribution in [0, 0.1) is 5.92 Å². The Labute approximate surface area is 135 Å². The molecule has 2 heterocycles. The van der Waals surface area contributed by atoms with Crippen molar-refractivity contribution in [2.45, 2.75) is 38.1 Å². The fraction of sp³-hybridized carbons (Fsp3) is 0.667. The van der Waals surface area contributed by atoms with Crippen molar-refractivity contribution in [2.75, 3.05) is 19.6 Å². The molecule has 4 N–H and O–H groups in total. The molecule has 0 aliphatic carbocycles. The first-order valence-corrected chi connectivity index (χ1v) is 7.96. The van der Waals surface area contributed by atoms with Crippen LogP contribution in [0.3, 0.4) is 0 Å². The quantitative estimate of drug-likeness (QED) is 0.478. The molecule has 0 saturated carbocycles. The van der Waals surface area contributed by atoms with Crippen LogP contribution >= 0.6 is 0 Å². The van der Waals surface area contributed by atoms with Crippen LogP contribution in [0.25, 0.3) is 0 Å². The van der Waals surface area contributed by atoms with E-state index in [0.29, 0.717) is 38.3 Å². The third-order valence-corrected chi connectivity index (χ3v) is 4.34. The molecule has 2 aliphatic heterocycles. The zero-order valence-corrected chi connectivity index (χ0v) is 13.2. The molecule has 0 aromatic heterocycles. The topological polar surface area (TPSA) is 116 Å². The monoisotopic (exact) mass is 324 g/mol. The summed E-state index contributed by atoms with van der Waals surface area (Å²) in [6.45, 7) is 5.19. The minimum absolute atomic E-state index is 0.335. The van der Waals surface area contributed by atoms with E-state index in [2.05, 4.69) is 11.9 Å². The number of carboxylic acid groups (broad SMARTS) is 1. The van der Waals surface area contributed by atoms with Gasteiger partial charge in [0.1, 0.15) is 0 Å². The van der Waals surface area contributed by atoms with E-state index in [4.69, 9.17) is 5.73 Å². The molecule has 1 unspecified atom stereocenters. The van der Waals surface area contributed by atoms with Gasteiger partial charge in [0, 0.05) is 19.6 Å². The Kier molecular flexibility index (Phi) is 5.46. The molecular weight excluding hydrogens is 300 g/mol. The van der Waals surface area contributed by atoms with Gasteiger partial charge >= 0.3 is 12.0 Å². The number of nitrogens with zero attached hydrogens (tertiary/aromatic N) is 2. The molecule has 2 rings (SSSR count). The Bertz CT molecular complexity index is 502. The highest BCUT2D eigenvalue weighted by Crippen LogP contribution is 2.32. The summed E-state index contributed by atoms with van der Waals surface area (Å²) in [7, 11) is 0. The molecule has 2 atom stereocenters. The van der Waals surface area contributed by atoms with Gasteiger partial charge in [-0.05, 0) is 32.1 Å². The highest BCUT2D eigenvalue weighted by atomic mass is 16.4. The summed E-state index contributed by atoms with van der Waals surface area (Å²) < 4.78 is 0. The van der Waals surface area contributed by atoms with Gasteiger partial charge in [-0.2, -0.15) is 0 Å². The summed E-state index contributed by atoms with van der Waals surface area (Å²) in [5.74, 6) is -1.83. The van der Waals surface area contributed by atoms with E-state index in [9.17, 15) is 19.5 Å². The fourth-order valence-corrected chi connectivity index (χ4v) is 3.13. The average Bonchev–Trinajstić information content (AvgIpc) is 2.51. The average molecular weight is 324 g/mol. The molecule has 0 aromatic carbocycles. The van der Waals surface area contributed by atoms with Crippen LogP contribution in [0.2, 0.25) is 0 Å². The molecule has 8 nitrogen and oxygen atoms in total. The lowest BCUT2D eigenvalue weighted by atomic mass is 9.83. The number of amides is 3. The molecule has 8 heteroatoms. The van der Waals surface area contributed by atoms with E-state index in [-0.39, 0.29) is 5.91 Å². The van der Waals surface area contributed by atoms with Gasteiger partial charge in [-0.3, -0.25) is 4.79 Å². The molecule has 0 bridgehead atoms. The van der Waals surface area contributed by atoms with Gasteiger partial charge in [-0.1, -0.05) is 6.58 Å². The number of imide groups is 1. The molecule has 0 radical (unpaired) electrons. The van der Waals surface area contributed by atoms with Crippen LogP contribution in [0.5, 0.6) is 0 Å². The number of nitrogens with one attached hydrogen (secondary N) is 1. The van der Waals surface area contributed by atoms with E-state index >= 15 is 0 Å². The van der Waals surface area contributed by atoms with Crippen molar-refractivity contribution in [2.24, 2.45) is 11.7 Å². The van der Waals surface area contributed by atoms with Gasteiger partial charge in [0.05, 0.1) is 11.7 Å². The molecule has 128 valence electrons. The van der Waals surface area contributed by atoms with Gasteiger partial charge in [0.25, 0.3) is 0 Å². The summed E-state index contributed by atoms with van der Waals surface area (Å²) in [6, 6.07) is -1.52. The van der Waals surface area contributed by atoms with Crippen molar-refractivity contribution in [1.29, 1.82) is 0 Å². The Morgan fingerprint density at radius 1 is 1.30 bits per heavy atom. The van der Waals surface area contributed by atoms with E-state index in [1.807, 2.05) is 0 Å². The number of nitrogens with two attached hydrogens (primary N) is 1. The lowest BCUT2D eigenvalue weighted by Gasteiger charge is -2.45. The van der Waals surface area contributed by atoms with E-state index in [1.54, 1.807) is 4.90 Å². The van der Waals surface area contributed by atoms with Gasteiger partial charge in [0.2, 0.25) is 5.91 Å². The van der Waals surface area contributed by atoms with Crippen molar-refractivity contribution >= 4 is 17.9 Å². The normalized spacial score (nSPS) is 24.1. The third-order valence-electron chi connectivity index (χ3n) is 4.34. The summed E-state index contributed by atoms with van der Waals surface area (Å²) in [4.78, 5) is 38.6. The first-order chi connectivity index (χ1) is 10.9. The Hall–Kier alpha value is -2.25. The van der Waals surface area contributed by atoms with Crippen molar-refractivity contribution in [3.05, 3.63) is 12.4 Å². The number of carbonyl (C=O) groups is 3. The summed E-state index contributed by atoms with van der Waals surface area (Å²) in [5.41, 5.74) is 5.38. The molecule has 2 fully saturated rings. The van der Waals surface area contributed by atoms with Crippen LogP contribution < -0.4 is 11.1 Å². The second-order valence-electron chi connectivity index (χ2n) is 6.02. The molecule has 2 saturated heterocycles. The first-order valence-electron chi connectivity index (χ1n) is 7.96. The minimum Gasteiger partial charge on any atom is -0.480 e. The van der Waals surface area contributed by atoms with Crippen LogP contribution in [0.4, 0.5) is 4.79 Å². The summed E-state index contributed by atoms with van der Waals surface area (Å²) >= 11 is 0. The standard InChI is InChI=1S/C15H24N4O4/c1-10(16)17-7-5-6-11-12(14(21)22)19(13(11)20)15(23)18-8-3-2-4-9-18/h11-12,17H,1-9,16H2,(H,21,22)/t11-,12?/m1/s1. The second kappa shape index (κ2) is 7.34. The maximum absolute atomic E-state index is 12.4. The van der Waals surface area contributed by atoms with Gasteiger partial charge in [-0.25, -0.2) is 14.5 Å². The van der Waals surface area contributed by atoms with Crippen molar-refractivity contribution in [1.82, 2.24) is 15.1 Å². The number of rotatable bonds is 6. The molecule has 23 heavy (non-hydrogen) atoms. The Morgan fingerprint density at radius 3 is 2.52 bits per heavy atom.